The van der Waals surface area contributed by atoms with Crippen LogP contribution in [0.1, 0.15) is 44.1 Å². The second kappa shape index (κ2) is 22.4. The van der Waals surface area contributed by atoms with Crippen LogP contribution >= 0.6 is 28.4 Å². The Bertz CT molecular complexity index is 891. The molecule has 0 spiro atoms. The first-order chi connectivity index (χ1) is 19.7. The van der Waals surface area contributed by atoms with Gasteiger partial charge >= 0.3 is 23.9 Å². The number of nitrogens with one attached hydrogen (secondary N) is 1. The van der Waals surface area contributed by atoms with E-state index < -0.39 is 35.3 Å². The molecule has 0 heterocycles. The lowest BCUT2D eigenvalue weighted by Crippen LogP contribution is -2.58. The molecule has 3 unspecified atom stereocenters. The van der Waals surface area contributed by atoms with E-state index in [2.05, 4.69) is 18.9 Å². The monoisotopic (exact) mass is 637 g/mol. The summed E-state index contributed by atoms with van der Waals surface area (Å²) in [6, 6.07) is 9.22. The lowest BCUT2D eigenvalue weighted by Gasteiger charge is -2.34. The summed E-state index contributed by atoms with van der Waals surface area (Å²) in [4.78, 5) is 59.4. The van der Waals surface area contributed by atoms with Crippen molar-refractivity contribution in [2.45, 2.75) is 50.7 Å². The Kier molecular flexibility index (Phi) is 20.0. The smallest absolute Gasteiger partial charge is 0.310 e. The van der Waals surface area contributed by atoms with Crippen LogP contribution < -0.4 is 5.32 Å². The van der Waals surface area contributed by atoms with Crippen molar-refractivity contribution in [2.24, 2.45) is 0 Å². The van der Waals surface area contributed by atoms with E-state index in [1.54, 1.807) is 0 Å². The number of ether oxygens (including phenoxy) is 4. The molecule has 0 aliphatic rings. The number of amides is 1. The van der Waals surface area contributed by atoms with Crippen LogP contribution in [0.25, 0.3) is 0 Å². The van der Waals surface area contributed by atoms with Crippen molar-refractivity contribution in [2.75, 3.05) is 39.6 Å². The Morgan fingerprint density at radius 3 is 1.54 bits per heavy atom. The Balaban J connectivity index is 2.78. The van der Waals surface area contributed by atoms with Gasteiger partial charge in [-0.05, 0) is 12.0 Å². The average molecular weight is 637 g/mol. The van der Waals surface area contributed by atoms with E-state index in [4.69, 9.17) is 18.9 Å². The quantitative estimate of drug-likeness (QED) is 0.112. The molecule has 41 heavy (non-hydrogen) atoms. The molecule has 0 fully saturated rings. The third-order valence-electron chi connectivity index (χ3n) is 5.31. The SMILES string of the molecule is O=C(CCCC(=O)OCc1ccccc1)NC(COCCC(=O)OP)(COCCC(=O)OP)COCCC(=O)OP. The van der Waals surface area contributed by atoms with Gasteiger partial charge in [0.1, 0.15) is 12.1 Å². The summed E-state index contributed by atoms with van der Waals surface area (Å²) in [5, 5.41) is 2.84. The highest BCUT2D eigenvalue weighted by molar-refractivity contribution is 7.11. The highest BCUT2D eigenvalue weighted by Crippen LogP contribution is 2.13. The van der Waals surface area contributed by atoms with E-state index in [0.29, 0.717) is 0 Å². The first kappa shape index (κ1) is 36.8. The lowest BCUT2D eigenvalue weighted by atomic mass is 10.0. The molecule has 0 aliphatic heterocycles. The summed E-state index contributed by atoms with van der Waals surface area (Å²) < 4.78 is 35.7. The molecule has 0 bridgehead atoms. The number of hydrogen-bond acceptors (Lipinski definition) is 12. The number of benzene rings is 1. The molecule has 1 amide bonds. The van der Waals surface area contributed by atoms with Crippen LogP contribution in [0, 0.1) is 0 Å². The third-order valence-corrected chi connectivity index (χ3v) is 6.10. The second-order valence-electron chi connectivity index (χ2n) is 8.71. The summed E-state index contributed by atoms with van der Waals surface area (Å²) in [5.74, 6) is -2.39. The maximum absolute atomic E-state index is 12.9. The molecule has 1 N–H and O–H groups in total. The van der Waals surface area contributed by atoms with Crippen molar-refractivity contribution in [3.05, 3.63) is 35.9 Å². The molecule has 1 aromatic carbocycles. The van der Waals surface area contributed by atoms with Crippen LogP contribution in [-0.4, -0.2) is 75.0 Å². The zero-order valence-corrected chi connectivity index (χ0v) is 26.2. The summed E-state index contributed by atoms with van der Waals surface area (Å²) in [6.45, 7) is -0.317. The molecule has 0 saturated heterocycles. The van der Waals surface area contributed by atoms with Gasteiger partial charge in [-0.3, -0.25) is 24.0 Å². The molecule has 13 nitrogen and oxygen atoms in total. The van der Waals surface area contributed by atoms with Gasteiger partial charge in [-0.1, -0.05) is 30.3 Å². The van der Waals surface area contributed by atoms with Gasteiger partial charge in [0, 0.05) is 12.8 Å². The highest BCUT2D eigenvalue weighted by atomic mass is 31.0. The first-order valence-corrected chi connectivity index (χ1v) is 14.1. The van der Waals surface area contributed by atoms with Gasteiger partial charge in [-0.25, -0.2) is 0 Å². The van der Waals surface area contributed by atoms with Crippen LogP contribution in [0.4, 0.5) is 0 Å². The predicted octanol–water partition coefficient (Wildman–Crippen LogP) is 1.98. The van der Waals surface area contributed by atoms with E-state index in [1.165, 1.54) is 0 Å². The maximum Gasteiger partial charge on any atom is 0.310 e. The molecule has 1 rings (SSSR count). The minimum atomic E-state index is -1.26. The first-order valence-electron chi connectivity index (χ1n) is 12.7. The molecule has 230 valence electrons. The van der Waals surface area contributed by atoms with E-state index in [9.17, 15) is 24.0 Å². The van der Waals surface area contributed by atoms with Crippen LogP contribution in [-0.2, 0) is 63.1 Å². The van der Waals surface area contributed by atoms with Gasteiger partial charge in [0.25, 0.3) is 0 Å². The second-order valence-corrected chi connectivity index (χ2v) is 9.41. The fraction of sp³-hybridized carbons (Fsp3) is 0.560. The van der Waals surface area contributed by atoms with Crippen molar-refractivity contribution >= 4 is 58.2 Å². The van der Waals surface area contributed by atoms with Crippen molar-refractivity contribution in [1.29, 1.82) is 0 Å². The number of hydrogen-bond donors (Lipinski definition) is 1. The lowest BCUT2D eigenvalue weighted by molar-refractivity contribution is -0.145. The normalized spacial score (nSPS) is 10.9. The number of carbonyl (C=O) groups is 5. The van der Waals surface area contributed by atoms with Gasteiger partial charge in [0.2, 0.25) is 5.91 Å². The molecule has 0 aliphatic carbocycles. The maximum atomic E-state index is 12.9. The topological polar surface area (TPSA) is 162 Å². The Morgan fingerprint density at radius 2 is 1.10 bits per heavy atom. The van der Waals surface area contributed by atoms with Gasteiger partial charge in [-0.15, -0.1) is 0 Å². The third kappa shape index (κ3) is 18.0. The van der Waals surface area contributed by atoms with E-state index in [-0.39, 0.29) is 84.8 Å². The minimum Gasteiger partial charge on any atom is -0.461 e. The molecule has 1 aromatic rings. The molecular weight excluding hydrogens is 599 g/mol. The summed E-state index contributed by atoms with van der Waals surface area (Å²) in [6.07, 6.45) is 0.113. The van der Waals surface area contributed by atoms with Crippen LogP contribution in [0.3, 0.4) is 0 Å². The molecule has 0 radical (unpaired) electrons. The summed E-state index contributed by atoms with van der Waals surface area (Å²) in [7, 11) is 5.56. The van der Waals surface area contributed by atoms with Crippen LogP contribution in [0.2, 0.25) is 0 Å². The number of rotatable bonds is 22. The number of esters is 1. The molecular formula is C25H38NO12P3. The predicted molar refractivity (Wildman–Crippen MR) is 155 cm³/mol. The Labute approximate surface area is 246 Å². The molecule has 3 atom stereocenters. The molecule has 0 aromatic heterocycles. The van der Waals surface area contributed by atoms with Crippen molar-refractivity contribution < 1.29 is 56.5 Å². The van der Waals surface area contributed by atoms with E-state index in [0.717, 1.165) is 5.56 Å². The zero-order chi connectivity index (χ0) is 30.3. The largest absolute Gasteiger partial charge is 0.461 e. The van der Waals surface area contributed by atoms with Gasteiger partial charge in [0.05, 0.1) is 87.3 Å². The summed E-state index contributed by atoms with van der Waals surface area (Å²) in [5.41, 5.74) is -0.405. The van der Waals surface area contributed by atoms with Gasteiger partial charge in [0.15, 0.2) is 0 Å². The zero-order valence-electron chi connectivity index (χ0n) is 22.7. The van der Waals surface area contributed by atoms with Crippen molar-refractivity contribution in [3.8, 4) is 0 Å². The fourth-order valence-corrected chi connectivity index (χ4v) is 3.59. The van der Waals surface area contributed by atoms with Gasteiger partial charge < -0.3 is 37.8 Å². The minimum absolute atomic E-state index is 0.0136. The van der Waals surface area contributed by atoms with E-state index >= 15 is 0 Å². The standard InChI is InChI=1S/C25H38NO12P3/c27-20(7-4-8-21(28)35-15-19-5-2-1-3-6-19)26-25(16-32-12-9-22(29)36-39,17-33-13-10-23(30)37-40)18-34-14-11-24(31)38-41/h1-3,5-6H,4,7-18,39-41H2,(H,26,27). The summed E-state index contributed by atoms with van der Waals surface area (Å²) >= 11 is 0. The van der Waals surface area contributed by atoms with Crippen molar-refractivity contribution in [3.63, 3.8) is 0 Å². The molecule has 0 saturated carbocycles. The van der Waals surface area contributed by atoms with Crippen LogP contribution in [0.5, 0.6) is 0 Å². The Hall–Kier alpha value is -2.26. The fourth-order valence-electron chi connectivity index (χ4n) is 3.24. The van der Waals surface area contributed by atoms with Crippen molar-refractivity contribution in [1.82, 2.24) is 5.32 Å². The Morgan fingerprint density at radius 1 is 0.634 bits per heavy atom. The van der Waals surface area contributed by atoms with Crippen LogP contribution in [0.15, 0.2) is 30.3 Å². The van der Waals surface area contributed by atoms with E-state index in [1.807, 2.05) is 58.7 Å². The van der Waals surface area contributed by atoms with Gasteiger partial charge in [-0.2, -0.15) is 0 Å². The molecule has 16 heteroatoms. The average Bonchev–Trinajstić information content (AvgIpc) is 2.98. The highest BCUT2D eigenvalue weighted by Gasteiger charge is 2.34. The number of carbonyl (C=O) groups excluding carboxylic acids is 5.